The zero-order valence-electron chi connectivity index (χ0n) is 11.6. The Morgan fingerprint density at radius 1 is 1.14 bits per heavy atom. The Balaban J connectivity index is 1.55. The molecule has 114 valence electrons. The molecule has 2 bridgehead atoms. The van der Waals surface area contributed by atoms with Crippen LogP contribution in [0.4, 0.5) is 18.9 Å². The van der Waals surface area contributed by atoms with Gasteiger partial charge in [0.2, 0.25) is 5.91 Å². The van der Waals surface area contributed by atoms with Gasteiger partial charge >= 0.3 is 6.18 Å². The number of rotatable bonds is 3. The highest BCUT2D eigenvalue weighted by atomic mass is 19.4. The first-order valence-corrected chi connectivity index (χ1v) is 7.39. The molecule has 0 aromatic heterocycles. The van der Waals surface area contributed by atoms with Crippen molar-refractivity contribution in [2.75, 3.05) is 5.32 Å². The normalized spacial score (nSPS) is 27.9. The maximum absolute atomic E-state index is 12.5. The van der Waals surface area contributed by atoms with Crippen LogP contribution < -0.4 is 5.32 Å². The van der Waals surface area contributed by atoms with Crippen LogP contribution >= 0.6 is 0 Å². The Kier molecular flexibility index (Phi) is 3.68. The molecule has 2 saturated carbocycles. The first-order chi connectivity index (χ1) is 9.91. The van der Waals surface area contributed by atoms with E-state index in [1.54, 1.807) is 0 Å². The highest BCUT2D eigenvalue weighted by molar-refractivity contribution is 5.90. The maximum Gasteiger partial charge on any atom is 0.416 e. The summed E-state index contributed by atoms with van der Waals surface area (Å²) in [5, 5.41) is 2.70. The van der Waals surface area contributed by atoms with Crippen molar-refractivity contribution in [2.45, 2.75) is 38.3 Å². The van der Waals surface area contributed by atoms with E-state index >= 15 is 0 Å². The highest BCUT2D eigenvalue weighted by Gasteiger charge is 2.40. The minimum Gasteiger partial charge on any atom is -0.326 e. The number of anilines is 1. The Morgan fingerprint density at radius 2 is 1.86 bits per heavy atom. The number of carbonyl (C=O) groups is 1. The van der Waals surface area contributed by atoms with Gasteiger partial charge in [0.05, 0.1) is 5.56 Å². The summed E-state index contributed by atoms with van der Waals surface area (Å²) in [4.78, 5) is 12.0. The van der Waals surface area contributed by atoms with Crippen LogP contribution in [-0.4, -0.2) is 5.91 Å². The van der Waals surface area contributed by atoms with E-state index in [0.29, 0.717) is 23.9 Å². The lowest BCUT2D eigenvalue weighted by Gasteiger charge is -2.20. The molecule has 3 atom stereocenters. The van der Waals surface area contributed by atoms with Crippen molar-refractivity contribution in [3.05, 3.63) is 29.8 Å². The van der Waals surface area contributed by atoms with Gasteiger partial charge in [-0.25, -0.2) is 0 Å². The van der Waals surface area contributed by atoms with Gasteiger partial charge in [-0.3, -0.25) is 4.79 Å². The van der Waals surface area contributed by atoms with Crippen LogP contribution in [0.25, 0.3) is 0 Å². The van der Waals surface area contributed by atoms with Crippen molar-refractivity contribution in [1.29, 1.82) is 0 Å². The van der Waals surface area contributed by atoms with Gasteiger partial charge in [-0.15, -0.1) is 0 Å². The van der Waals surface area contributed by atoms with Crippen LogP contribution in [0.1, 0.15) is 37.7 Å². The summed E-state index contributed by atoms with van der Waals surface area (Å²) in [5.41, 5.74) is -0.273. The number of amides is 1. The van der Waals surface area contributed by atoms with E-state index in [4.69, 9.17) is 0 Å². The van der Waals surface area contributed by atoms with Crippen LogP contribution in [0.15, 0.2) is 24.3 Å². The summed E-state index contributed by atoms with van der Waals surface area (Å²) in [6.45, 7) is 0. The maximum atomic E-state index is 12.5. The summed E-state index contributed by atoms with van der Waals surface area (Å²) in [7, 11) is 0. The molecule has 1 N–H and O–H groups in total. The number of nitrogens with one attached hydrogen (secondary N) is 1. The SMILES string of the molecule is O=C(C[C@@H]1C[C@H]2CC[C@@H]1C2)Nc1ccc(C(F)(F)F)cc1. The highest BCUT2D eigenvalue weighted by Crippen LogP contribution is 2.49. The van der Waals surface area contributed by atoms with Crippen LogP contribution in [0.5, 0.6) is 0 Å². The predicted octanol–water partition coefficient (Wildman–Crippen LogP) is 4.47. The van der Waals surface area contributed by atoms with Crippen LogP contribution in [0.2, 0.25) is 0 Å². The van der Waals surface area contributed by atoms with Crippen LogP contribution in [0.3, 0.4) is 0 Å². The minimum absolute atomic E-state index is 0.0905. The minimum atomic E-state index is -4.34. The van der Waals surface area contributed by atoms with Gasteiger partial charge in [-0.1, -0.05) is 6.42 Å². The first-order valence-electron chi connectivity index (χ1n) is 7.39. The van der Waals surface area contributed by atoms with Crippen molar-refractivity contribution in [3.63, 3.8) is 0 Å². The van der Waals surface area contributed by atoms with Crippen molar-refractivity contribution in [3.8, 4) is 0 Å². The molecule has 5 heteroatoms. The molecule has 3 rings (SSSR count). The quantitative estimate of drug-likeness (QED) is 0.876. The van der Waals surface area contributed by atoms with Gasteiger partial charge < -0.3 is 5.32 Å². The van der Waals surface area contributed by atoms with Gasteiger partial charge in [0.15, 0.2) is 0 Å². The van der Waals surface area contributed by atoms with Crippen LogP contribution in [0, 0.1) is 17.8 Å². The van der Waals surface area contributed by atoms with Crippen molar-refractivity contribution in [2.24, 2.45) is 17.8 Å². The second kappa shape index (κ2) is 5.35. The Bertz CT molecular complexity index is 523. The Morgan fingerprint density at radius 3 is 2.38 bits per heavy atom. The van der Waals surface area contributed by atoms with Gasteiger partial charge in [0.1, 0.15) is 0 Å². The average Bonchev–Trinajstić information content (AvgIpc) is 3.00. The summed E-state index contributed by atoms with van der Waals surface area (Å²) >= 11 is 0. The summed E-state index contributed by atoms with van der Waals surface area (Å²) in [5.74, 6) is 1.83. The third-order valence-corrected chi connectivity index (χ3v) is 4.83. The van der Waals surface area contributed by atoms with Gasteiger partial charge in [-0.05, 0) is 61.3 Å². The molecular weight excluding hydrogens is 279 g/mol. The van der Waals surface area contributed by atoms with E-state index in [-0.39, 0.29) is 5.91 Å². The number of fused-ring (bicyclic) bond motifs is 2. The fourth-order valence-electron chi connectivity index (χ4n) is 3.82. The molecule has 2 nitrogen and oxygen atoms in total. The summed E-state index contributed by atoms with van der Waals surface area (Å²) < 4.78 is 37.4. The molecule has 1 aromatic rings. The monoisotopic (exact) mass is 297 g/mol. The topological polar surface area (TPSA) is 29.1 Å². The van der Waals surface area contributed by atoms with E-state index < -0.39 is 11.7 Å². The molecule has 1 aromatic carbocycles. The van der Waals surface area contributed by atoms with E-state index in [1.807, 2.05) is 0 Å². The molecule has 0 spiro atoms. The lowest BCUT2D eigenvalue weighted by atomic mass is 9.86. The lowest BCUT2D eigenvalue weighted by molar-refractivity contribution is -0.137. The van der Waals surface area contributed by atoms with Crippen LogP contribution in [-0.2, 0) is 11.0 Å². The third kappa shape index (κ3) is 3.22. The Labute approximate surface area is 121 Å². The smallest absolute Gasteiger partial charge is 0.326 e. The van der Waals surface area contributed by atoms with E-state index in [9.17, 15) is 18.0 Å². The van der Waals surface area contributed by atoms with Gasteiger partial charge in [0, 0.05) is 12.1 Å². The summed E-state index contributed by atoms with van der Waals surface area (Å²) in [6.07, 6.45) is 1.04. The second-order valence-electron chi connectivity index (χ2n) is 6.26. The first kappa shape index (κ1) is 14.4. The number of carbonyl (C=O) groups excluding carboxylic acids is 1. The lowest BCUT2D eigenvalue weighted by Crippen LogP contribution is -2.20. The number of hydrogen-bond donors (Lipinski definition) is 1. The fraction of sp³-hybridized carbons (Fsp3) is 0.562. The fourth-order valence-corrected chi connectivity index (χ4v) is 3.82. The average molecular weight is 297 g/mol. The molecule has 2 aliphatic carbocycles. The van der Waals surface area contributed by atoms with Crippen molar-refractivity contribution < 1.29 is 18.0 Å². The molecule has 0 aliphatic heterocycles. The van der Waals surface area contributed by atoms with Gasteiger partial charge in [-0.2, -0.15) is 13.2 Å². The van der Waals surface area contributed by atoms with Gasteiger partial charge in [0.25, 0.3) is 0 Å². The number of benzene rings is 1. The van der Waals surface area contributed by atoms with E-state index in [2.05, 4.69) is 5.32 Å². The number of alkyl halides is 3. The predicted molar refractivity (Wildman–Crippen MR) is 73.6 cm³/mol. The standard InChI is InChI=1S/C16H18F3NO/c17-16(18,19)13-3-5-14(6-4-13)20-15(21)9-12-8-10-1-2-11(12)7-10/h3-6,10-12H,1-2,7-9H2,(H,20,21)/t10-,11+,12-/m0/s1. The molecule has 2 aliphatic rings. The molecule has 2 fully saturated rings. The zero-order valence-corrected chi connectivity index (χ0v) is 11.6. The zero-order chi connectivity index (χ0) is 15.0. The number of hydrogen-bond acceptors (Lipinski definition) is 1. The second-order valence-corrected chi connectivity index (χ2v) is 6.26. The molecule has 0 saturated heterocycles. The largest absolute Gasteiger partial charge is 0.416 e. The molecule has 0 unspecified atom stereocenters. The molecule has 1 amide bonds. The summed E-state index contributed by atoms with van der Waals surface area (Å²) in [6, 6.07) is 4.60. The Hall–Kier alpha value is -1.52. The third-order valence-electron chi connectivity index (χ3n) is 4.83. The number of halogens is 3. The molecule has 21 heavy (non-hydrogen) atoms. The van der Waals surface area contributed by atoms with E-state index in [0.717, 1.165) is 24.5 Å². The molecule has 0 heterocycles. The van der Waals surface area contributed by atoms with E-state index in [1.165, 1.54) is 31.4 Å². The van der Waals surface area contributed by atoms with Crippen molar-refractivity contribution in [1.82, 2.24) is 0 Å². The molecule has 0 radical (unpaired) electrons. The molecular formula is C16H18F3NO. The van der Waals surface area contributed by atoms with Crippen molar-refractivity contribution >= 4 is 11.6 Å².